The molecule has 12 heteroatoms. The van der Waals surface area contributed by atoms with E-state index in [2.05, 4.69) is 26.2 Å². The Morgan fingerprint density at radius 2 is 1.93 bits per heavy atom. The first-order chi connectivity index (χ1) is 12.9. The monoisotopic (exact) mass is 480 g/mol. The Bertz CT molecular complexity index is 1000. The van der Waals surface area contributed by atoms with Crippen LogP contribution in [0.3, 0.4) is 0 Å². The first kappa shape index (κ1) is 21.1. The first-order valence-electron chi connectivity index (χ1n) is 8.18. The second kappa shape index (κ2) is 7.35. The topological polar surface area (TPSA) is 111 Å². The van der Waals surface area contributed by atoms with Crippen LogP contribution in [-0.2, 0) is 16.0 Å². The number of aromatic nitrogens is 1. The number of nitrogens with one attached hydrogen (secondary N) is 1. The van der Waals surface area contributed by atoms with Crippen molar-refractivity contribution in [2.75, 3.05) is 19.6 Å². The van der Waals surface area contributed by atoms with Gasteiger partial charge in [-0.05, 0) is 40.2 Å². The molecular formula is C16H18BrF3N5O2S+. The minimum absolute atomic E-state index is 0.184. The number of hydrogen-bond acceptors (Lipinski definition) is 6. The van der Waals surface area contributed by atoms with Gasteiger partial charge in [0, 0.05) is 12.6 Å². The van der Waals surface area contributed by atoms with E-state index in [-0.39, 0.29) is 19.9 Å². The Hall–Kier alpha value is -1.57. The molecule has 0 spiro atoms. The van der Waals surface area contributed by atoms with E-state index in [0.29, 0.717) is 25.7 Å². The number of nitrogens with zero attached hydrogens (tertiary/aromatic N) is 2. The third-order valence-corrected chi connectivity index (χ3v) is 6.70. The largest absolute Gasteiger partial charge is 0.416 e. The van der Waals surface area contributed by atoms with Gasteiger partial charge in [-0.1, -0.05) is 6.07 Å². The maximum Gasteiger partial charge on any atom is 0.416 e. The Morgan fingerprint density at radius 3 is 2.57 bits per heavy atom. The SMILES string of the molecule is NC1CNCC[N+]1(N)c1cc(S(=O)(=O)c2cccc(C(F)(F)F)c2)cc(Br)n1. The molecule has 0 aliphatic carbocycles. The van der Waals surface area contributed by atoms with Crippen LogP contribution in [0.25, 0.3) is 0 Å². The summed E-state index contributed by atoms with van der Waals surface area (Å²) >= 11 is 3.16. The molecular weight excluding hydrogens is 463 g/mol. The van der Waals surface area contributed by atoms with Crippen LogP contribution in [-0.4, -0.2) is 39.2 Å². The zero-order valence-corrected chi connectivity index (χ0v) is 16.9. The summed E-state index contributed by atoms with van der Waals surface area (Å²) < 4.78 is 64.8. The second-order valence-electron chi connectivity index (χ2n) is 6.44. The minimum atomic E-state index is -4.66. The summed E-state index contributed by atoms with van der Waals surface area (Å²) in [5, 5.41) is 3.08. The second-order valence-corrected chi connectivity index (χ2v) is 9.20. The molecule has 1 aromatic heterocycles. The van der Waals surface area contributed by atoms with E-state index in [1.54, 1.807) is 0 Å². The minimum Gasteiger partial charge on any atom is -0.305 e. The number of pyridine rings is 1. The van der Waals surface area contributed by atoms with Crippen molar-refractivity contribution in [2.45, 2.75) is 22.1 Å². The summed E-state index contributed by atoms with van der Waals surface area (Å²) in [6, 6.07) is 6.06. The van der Waals surface area contributed by atoms with Crippen molar-refractivity contribution in [2.24, 2.45) is 11.6 Å². The molecule has 1 aliphatic rings. The van der Waals surface area contributed by atoms with Gasteiger partial charge in [0.2, 0.25) is 9.84 Å². The molecule has 1 fully saturated rings. The van der Waals surface area contributed by atoms with Crippen LogP contribution in [0.2, 0.25) is 0 Å². The molecule has 0 bridgehead atoms. The molecule has 152 valence electrons. The number of quaternary nitrogens is 1. The number of benzene rings is 1. The number of halogens is 4. The quantitative estimate of drug-likeness (QED) is 0.350. The van der Waals surface area contributed by atoms with Gasteiger partial charge in [0.05, 0.1) is 21.9 Å². The standard InChI is InChI=1S/C16H18BrF3N5O2S/c17-13-7-12(8-15(24-13)25(22)5-4-23-9-14(25)21)28(26,27)11-3-1-2-10(6-11)16(18,19)20/h1-3,6-8,14,23H,4-5,9,21-22H2/q+1. The van der Waals surface area contributed by atoms with Crippen LogP contribution >= 0.6 is 15.9 Å². The molecule has 3 rings (SSSR count). The predicted molar refractivity (Wildman–Crippen MR) is 101 cm³/mol. The number of rotatable bonds is 3. The van der Waals surface area contributed by atoms with Crippen molar-refractivity contribution in [1.29, 1.82) is 0 Å². The molecule has 2 heterocycles. The number of alkyl halides is 3. The lowest BCUT2D eigenvalue weighted by atomic mass is 10.2. The van der Waals surface area contributed by atoms with Gasteiger partial charge in [-0.2, -0.15) is 28.6 Å². The van der Waals surface area contributed by atoms with Gasteiger partial charge in [-0.25, -0.2) is 8.42 Å². The van der Waals surface area contributed by atoms with E-state index in [9.17, 15) is 21.6 Å². The Balaban J connectivity index is 2.10. The van der Waals surface area contributed by atoms with Crippen LogP contribution in [0.4, 0.5) is 19.0 Å². The van der Waals surface area contributed by atoms with Gasteiger partial charge in [0.1, 0.15) is 11.1 Å². The van der Waals surface area contributed by atoms with Crippen molar-refractivity contribution in [1.82, 2.24) is 14.9 Å². The highest BCUT2D eigenvalue weighted by Crippen LogP contribution is 2.33. The molecule has 0 radical (unpaired) electrons. The van der Waals surface area contributed by atoms with Crippen molar-refractivity contribution in [3.63, 3.8) is 0 Å². The highest BCUT2D eigenvalue weighted by Gasteiger charge is 2.39. The Kier molecular flexibility index (Phi) is 5.55. The van der Waals surface area contributed by atoms with Crippen LogP contribution in [0.1, 0.15) is 5.56 Å². The maximum absolute atomic E-state index is 13.0. The molecule has 5 N–H and O–H groups in total. The lowest BCUT2D eigenvalue weighted by Crippen LogP contribution is -2.74. The molecule has 1 aromatic carbocycles. The van der Waals surface area contributed by atoms with Crippen LogP contribution in [0, 0.1) is 0 Å². The summed E-state index contributed by atoms with van der Waals surface area (Å²) in [4.78, 5) is 3.56. The Morgan fingerprint density at radius 1 is 1.21 bits per heavy atom. The third kappa shape index (κ3) is 3.93. The summed E-state index contributed by atoms with van der Waals surface area (Å²) in [6.07, 6.45) is -5.23. The van der Waals surface area contributed by atoms with E-state index < -0.39 is 32.6 Å². The molecule has 0 saturated carbocycles. The third-order valence-electron chi connectivity index (χ3n) is 4.57. The van der Waals surface area contributed by atoms with Gasteiger partial charge in [0.15, 0.2) is 6.17 Å². The normalized spacial score (nSPS) is 23.6. The fourth-order valence-electron chi connectivity index (χ4n) is 2.93. The fourth-order valence-corrected chi connectivity index (χ4v) is 4.85. The van der Waals surface area contributed by atoms with Gasteiger partial charge in [-0.3, -0.25) is 5.73 Å². The molecule has 2 atom stereocenters. The van der Waals surface area contributed by atoms with Gasteiger partial charge < -0.3 is 5.32 Å². The molecule has 7 nitrogen and oxygen atoms in total. The van der Waals surface area contributed by atoms with Gasteiger partial charge in [-0.15, -0.1) is 0 Å². The average molecular weight is 481 g/mol. The molecule has 2 unspecified atom stereocenters. The average Bonchev–Trinajstić information content (AvgIpc) is 2.63. The van der Waals surface area contributed by atoms with Crippen LogP contribution in [0.5, 0.6) is 0 Å². The zero-order chi connectivity index (χ0) is 20.7. The fraction of sp³-hybridized carbons (Fsp3) is 0.312. The van der Waals surface area contributed by atoms with E-state index in [0.717, 1.165) is 18.2 Å². The molecule has 28 heavy (non-hydrogen) atoms. The first-order valence-corrected chi connectivity index (χ1v) is 10.5. The number of sulfone groups is 1. The molecule has 1 aliphatic heterocycles. The summed E-state index contributed by atoms with van der Waals surface area (Å²) in [6.45, 7) is 1.32. The maximum atomic E-state index is 13.0. The molecule has 1 saturated heterocycles. The Labute approximate surface area is 168 Å². The van der Waals surface area contributed by atoms with E-state index in [1.807, 2.05) is 0 Å². The van der Waals surface area contributed by atoms with Crippen molar-refractivity contribution in [3.05, 3.63) is 46.6 Å². The summed E-state index contributed by atoms with van der Waals surface area (Å²) in [5.74, 6) is 6.57. The lowest BCUT2D eigenvalue weighted by Gasteiger charge is -2.39. The lowest BCUT2D eigenvalue weighted by molar-refractivity contribution is -0.137. The van der Waals surface area contributed by atoms with Crippen molar-refractivity contribution >= 4 is 31.6 Å². The van der Waals surface area contributed by atoms with Gasteiger partial charge >= 0.3 is 6.18 Å². The highest BCUT2D eigenvalue weighted by atomic mass is 79.9. The van der Waals surface area contributed by atoms with E-state index in [4.69, 9.17) is 11.6 Å². The number of piperazine rings is 1. The van der Waals surface area contributed by atoms with Crippen LogP contribution < -0.4 is 21.5 Å². The number of hydrogen-bond donors (Lipinski definition) is 3. The molecule has 2 aromatic rings. The van der Waals surface area contributed by atoms with Gasteiger partial charge in [0.25, 0.3) is 5.82 Å². The highest BCUT2D eigenvalue weighted by molar-refractivity contribution is 9.10. The predicted octanol–water partition coefficient (Wildman–Crippen LogP) is 1.76. The van der Waals surface area contributed by atoms with E-state index in [1.165, 1.54) is 12.1 Å². The van der Waals surface area contributed by atoms with Crippen molar-refractivity contribution < 1.29 is 21.6 Å². The zero-order valence-electron chi connectivity index (χ0n) is 14.4. The smallest absolute Gasteiger partial charge is 0.305 e. The summed E-state index contributed by atoms with van der Waals surface area (Å²) in [7, 11) is -4.24. The molecule has 0 amide bonds. The van der Waals surface area contributed by atoms with Crippen molar-refractivity contribution in [3.8, 4) is 0 Å². The van der Waals surface area contributed by atoms with Crippen LogP contribution in [0.15, 0.2) is 50.8 Å². The van der Waals surface area contributed by atoms with E-state index >= 15 is 0 Å². The summed E-state index contributed by atoms with van der Waals surface area (Å²) in [5.41, 5.74) is 5.04. The number of nitrogens with two attached hydrogens (primary N) is 2.